The lowest BCUT2D eigenvalue weighted by Gasteiger charge is -2.18. The van der Waals surface area contributed by atoms with Crippen LogP contribution in [0.3, 0.4) is 0 Å². The Hall–Kier alpha value is -2.71. The Bertz CT molecular complexity index is 799. The number of ether oxygens (including phenoxy) is 5. The molecule has 0 spiro atoms. The van der Waals surface area contributed by atoms with Crippen molar-refractivity contribution >= 4 is 23.0 Å². The lowest BCUT2D eigenvalue weighted by Crippen LogP contribution is -2.11. The third-order valence-corrected chi connectivity index (χ3v) is 3.67. The Balaban J connectivity index is 2.92. The van der Waals surface area contributed by atoms with Crippen molar-refractivity contribution in [2.24, 2.45) is 0 Å². The van der Waals surface area contributed by atoms with E-state index in [1.165, 1.54) is 41.6 Å². The van der Waals surface area contributed by atoms with Crippen molar-refractivity contribution in [1.82, 2.24) is 4.98 Å². The van der Waals surface area contributed by atoms with Crippen LogP contribution in [0.1, 0.15) is 32.7 Å². The molecular weight excluding hydrogens is 330 g/mol. The number of rotatable bonds is 7. The molecule has 1 aromatic carbocycles. The maximum atomic E-state index is 12.1. The number of carbonyl (C=O) groups is 2. The second-order valence-corrected chi connectivity index (χ2v) is 4.94. The van der Waals surface area contributed by atoms with Crippen LogP contribution in [-0.2, 0) is 14.2 Å². The number of pyridine rings is 1. The number of nitrogens with zero attached hydrogens (tertiary/aromatic N) is 1. The molecule has 0 amide bonds. The number of esters is 1. The zero-order chi connectivity index (χ0) is 18.6. The van der Waals surface area contributed by atoms with Crippen molar-refractivity contribution in [1.29, 1.82) is 0 Å². The van der Waals surface area contributed by atoms with Gasteiger partial charge in [-0.15, -0.1) is 0 Å². The van der Waals surface area contributed by atoms with E-state index < -0.39 is 12.3 Å². The molecular formula is C17H19NO7. The van der Waals surface area contributed by atoms with Crippen molar-refractivity contribution < 1.29 is 33.3 Å². The number of aromatic nitrogens is 1. The fraction of sp³-hybridized carbons (Fsp3) is 0.353. The summed E-state index contributed by atoms with van der Waals surface area (Å²) in [6.45, 7) is 0. The topological polar surface area (TPSA) is 93.2 Å². The van der Waals surface area contributed by atoms with Gasteiger partial charge >= 0.3 is 5.97 Å². The summed E-state index contributed by atoms with van der Waals surface area (Å²) in [5.41, 5.74) is 0.580. The Kier molecular flexibility index (Phi) is 5.89. The van der Waals surface area contributed by atoms with Gasteiger partial charge in [0.15, 0.2) is 6.29 Å². The molecule has 2 rings (SSSR count). The van der Waals surface area contributed by atoms with Gasteiger partial charge in [-0.05, 0) is 17.5 Å². The van der Waals surface area contributed by atoms with Crippen LogP contribution in [0.2, 0.25) is 0 Å². The molecule has 25 heavy (non-hydrogen) atoms. The summed E-state index contributed by atoms with van der Waals surface area (Å²) in [6, 6.07) is 3.21. The maximum Gasteiger partial charge on any atom is 0.342 e. The van der Waals surface area contributed by atoms with Crippen LogP contribution in [0.4, 0.5) is 0 Å². The third-order valence-electron chi connectivity index (χ3n) is 3.67. The normalized spacial score (nSPS) is 10.8. The van der Waals surface area contributed by atoms with Crippen molar-refractivity contribution in [3.8, 4) is 11.6 Å². The molecule has 8 nitrogen and oxygen atoms in total. The highest BCUT2D eigenvalue weighted by Crippen LogP contribution is 2.39. The highest BCUT2D eigenvalue weighted by Gasteiger charge is 2.25. The van der Waals surface area contributed by atoms with Gasteiger partial charge in [-0.1, -0.05) is 0 Å². The van der Waals surface area contributed by atoms with Crippen LogP contribution < -0.4 is 9.47 Å². The quantitative estimate of drug-likeness (QED) is 0.426. The molecule has 0 bridgehead atoms. The average molecular weight is 349 g/mol. The van der Waals surface area contributed by atoms with Gasteiger partial charge in [0.25, 0.3) is 0 Å². The number of hydrogen-bond acceptors (Lipinski definition) is 8. The van der Waals surface area contributed by atoms with Crippen molar-refractivity contribution in [2.75, 3.05) is 35.5 Å². The highest BCUT2D eigenvalue weighted by atomic mass is 16.7. The highest BCUT2D eigenvalue weighted by molar-refractivity contribution is 6.09. The van der Waals surface area contributed by atoms with E-state index in [1.54, 1.807) is 6.07 Å². The lowest BCUT2D eigenvalue weighted by molar-refractivity contribution is -0.108. The van der Waals surface area contributed by atoms with Crippen LogP contribution in [0, 0.1) is 0 Å². The van der Waals surface area contributed by atoms with Gasteiger partial charge < -0.3 is 23.7 Å². The first-order chi connectivity index (χ1) is 12.1. The summed E-state index contributed by atoms with van der Waals surface area (Å²) in [4.78, 5) is 28.0. The predicted octanol–water partition coefficient (Wildman–Crippen LogP) is 2.14. The van der Waals surface area contributed by atoms with Crippen LogP contribution in [-0.4, -0.2) is 52.8 Å². The zero-order valence-corrected chi connectivity index (χ0v) is 14.6. The summed E-state index contributed by atoms with van der Waals surface area (Å²) in [7, 11) is 7.00. The van der Waals surface area contributed by atoms with Crippen molar-refractivity contribution in [2.45, 2.75) is 6.29 Å². The van der Waals surface area contributed by atoms with E-state index in [0.717, 1.165) is 0 Å². The molecule has 134 valence electrons. The van der Waals surface area contributed by atoms with E-state index in [4.69, 9.17) is 23.7 Å². The summed E-state index contributed by atoms with van der Waals surface area (Å²) >= 11 is 0. The molecule has 0 saturated heterocycles. The standard InChI is InChI=1S/C17H19NO7/c1-21-14-12-9(6-10(8-19)13(14)16(20)23-3)7-11(17(24-4)25-5)18-15(12)22-2/h6-8,17H,1-5H3. The monoisotopic (exact) mass is 349 g/mol. The minimum atomic E-state index is -0.718. The molecule has 2 aromatic rings. The molecule has 0 aliphatic carbocycles. The number of methoxy groups -OCH3 is 5. The minimum Gasteiger partial charge on any atom is -0.495 e. The van der Waals surface area contributed by atoms with Gasteiger partial charge in [-0.3, -0.25) is 4.79 Å². The van der Waals surface area contributed by atoms with Gasteiger partial charge in [-0.25, -0.2) is 9.78 Å². The fourth-order valence-corrected chi connectivity index (χ4v) is 2.61. The number of fused-ring (bicyclic) bond motifs is 1. The first-order valence-electron chi connectivity index (χ1n) is 7.24. The molecule has 0 N–H and O–H groups in total. The summed E-state index contributed by atoms with van der Waals surface area (Å²) < 4.78 is 25.9. The second kappa shape index (κ2) is 7.91. The van der Waals surface area contributed by atoms with Crippen LogP contribution in [0.5, 0.6) is 11.6 Å². The minimum absolute atomic E-state index is 0.00961. The summed E-state index contributed by atoms with van der Waals surface area (Å²) in [5, 5.41) is 1.01. The van der Waals surface area contributed by atoms with E-state index in [9.17, 15) is 9.59 Å². The summed E-state index contributed by atoms with van der Waals surface area (Å²) in [5.74, 6) is -0.349. The van der Waals surface area contributed by atoms with Crippen LogP contribution in [0.15, 0.2) is 12.1 Å². The van der Waals surface area contributed by atoms with Gasteiger partial charge in [0, 0.05) is 19.8 Å². The molecule has 8 heteroatoms. The Morgan fingerprint density at radius 1 is 1.08 bits per heavy atom. The second-order valence-electron chi connectivity index (χ2n) is 4.94. The largest absolute Gasteiger partial charge is 0.495 e. The van der Waals surface area contributed by atoms with Crippen molar-refractivity contribution in [3.63, 3.8) is 0 Å². The Labute approximate surface area is 144 Å². The third kappa shape index (κ3) is 3.26. The zero-order valence-electron chi connectivity index (χ0n) is 14.6. The number of aldehydes is 1. The van der Waals surface area contributed by atoms with Gasteiger partial charge in [0.05, 0.1) is 26.7 Å². The number of hydrogen-bond donors (Lipinski definition) is 0. The van der Waals surface area contributed by atoms with E-state index in [0.29, 0.717) is 22.8 Å². The first-order valence-corrected chi connectivity index (χ1v) is 7.24. The molecule has 0 fully saturated rings. The maximum absolute atomic E-state index is 12.1. The SMILES string of the molecule is COC(=O)c1c(C=O)cc2cc(C(OC)OC)nc(OC)c2c1OC. The lowest BCUT2D eigenvalue weighted by atomic mass is 10.00. The molecule has 0 atom stereocenters. The average Bonchev–Trinajstić information content (AvgIpc) is 2.65. The number of benzene rings is 1. The van der Waals surface area contributed by atoms with E-state index in [-0.39, 0.29) is 22.8 Å². The van der Waals surface area contributed by atoms with E-state index >= 15 is 0 Å². The molecule has 0 radical (unpaired) electrons. The Morgan fingerprint density at radius 2 is 1.76 bits per heavy atom. The summed E-state index contributed by atoms with van der Waals surface area (Å²) in [6.07, 6.45) is -0.158. The van der Waals surface area contributed by atoms with E-state index in [1.807, 2.05) is 0 Å². The molecule has 0 unspecified atom stereocenters. The predicted molar refractivity (Wildman–Crippen MR) is 88.3 cm³/mol. The number of carbonyl (C=O) groups excluding carboxylic acids is 2. The van der Waals surface area contributed by atoms with Gasteiger partial charge in [-0.2, -0.15) is 0 Å². The molecule has 0 aliphatic rings. The van der Waals surface area contributed by atoms with Crippen molar-refractivity contribution in [3.05, 3.63) is 29.0 Å². The molecule has 1 heterocycles. The van der Waals surface area contributed by atoms with Gasteiger partial charge in [0.2, 0.25) is 12.2 Å². The molecule has 1 aromatic heterocycles. The van der Waals surface area contributed by atoms with E-state index in [2.05, 4.69) is 4.98 Å². The first kappa shape index (κ1) is 18.6. The van der Waals surface area contributed by atoms with Crippen LogP contribution >= 0.6 is 0 Å². The fourth-order valence-electron chi connectivity index (χ4n) is 2.61. The molecule has 0 aliphatic heterocycles. The Morgan fingerprint density at radius 3 is 2.24 bits per heavy atom. The van der Waals surface area contributed by atoms with Gasteiger partial charge in [0.1, 0.15) is 17.0 Å². The smallest absolute Gasteiger partial charge is 0.342 e. The molecule has 0 saturated carbocycles. The van der Waals surface area contributed by atoms with Crippen LogP contribution in [0.25, 0.3) is 10.8 Å².